The van der Waals surface area contributed by atoms with Crippen LogP contribution in [0.25, 0.3) is 0 Å². The third kappa shape index (κ3) is 4.60. The Morgan fingerprint density at radius 2 is 2.09 bits per heavy atom. The first-order valence-electron chi connectivity index (χ1n) is 8.91. The molecule has 2 aliphatic heterocycles. The van der Waals surface area contributed by atoms with Crippen molar-refractivity contribution >= 4 is 24.2 Å². The molecule has 132 valence electrons. The van der Waals surface area contributed by atoms with E-state index in [0.29, 0.717) is 24.8 Å². The number of hydrogen-bond donors (Lipinski definition) is 1. The number of nitrogens with zero attached hydrogens (tertiary/aromatic N) is 2. The maximum Gasteiger partial charge on any atom is 0.236 e. The summed E-state index contributed by atoms with van der Waals surface area (Å²) in [6, 6.07) is 0.231. The van der Waals surface area contributed by atoms with E-state index in [4.69, 9.17) is 0 Å². The lowest BCUT2D eigenvalue weighted by Crippen LogP contribution is -2.57. The summed E-state index contributed by atoms with van der Waals surface area (Å²) in [4.78, 5) is 28.6. The van der Waals surface area contributed by atoms with E-state index in [9.17, 15) is 9.59 Å². The number of piperazine rings is 1. The predicted molar refractivity (Wildman–Crippen MR) is 92.6 cm³/mol. The van der Waals surface area contributed by atoms with Gasteiger partial charge in [-0.2, -0.15) is 0 Å². The fraction of sp³-hybridized carbons (Fsp3) is 0.882. The second kappa shape index (κ2) is 8.34. The third-order valence-corrected chi connectivity index (χ3v) is 5.58. The molecule has 1 saturated carbocycles. The number of hydrogen-bond acceptors (Lipinski definition) is 3. The van der Waals surface area contributed by atoms with Gasteiger partial charge in [0.25, 0.3) is 0 Å². The number of carbonyl (C=O) groups is 2. The molecule has 0 aromatic rings. The van der Waals surface area contributed by atoms with Crippen molar-refractivity contribution in [2.75, 3.05) is 32.7 Å². The largest absolute Gasteiger partial charge is 0.341 e. The van der Waals surface area contributed by atoms with Crippen molar-refractivity contribution in [1.29, 1.82) is 0 Å². The van der Waals surface area contributed by atoms with Crippen LogP contribution >= 0.6 is 12.4 Å². The van der Waals surface area contributed by atoms with Crippen LogP contribution in [-0.4, -0.2) is 60.4 Å². The first kappa shape index (κ1) is 18.5. The zero-order chi connectivity index (χ0) is 15.5. The van der Waals surface area contributed by atoms with Crippen molar-refractivity contribution in [3.63, 3.8) is 0 Å². The molecule has 23 heavy (non-hydrogen) atoms. The molecule has 0 aromatic carbocycles. The lowest BCUT2D eigenvalue weighted by Gasteiger charge is -2.41. The number of nitrogens with one attached hydrogen (secondary N) is 1. The molecule has 2 heterocycles. The van der Waals surface area contributed by atoms with Gasteiger partial charge in [0, 0.05) is 38.6 Å². The minimum atomic E-state index is 0. The SMILES string of the molecule is CC1CCC(CC(=O)N2CCCC(N3CCNCC3=O)C2)C1.Cl. The van der Waals surface area contributed by atoms with Gasteiger partial charge in [-0.25, -0.2) is 0 Å². The van der Waals surface area contributed by atoms with E-state index >= 15 is 0 Å². The summed E-state index contributed by atoms with van der Waals surface area (Å²) >= 11 is 0. The number of piperidine rings is 1. The van der Waals surface area contributed by atoms with E-state index in [-0.39, 0.29) is 24.4 Å². The predicted octanol–water partition coefficient (Wildman–Crippen LogP) is 1.66. The van der Waals surface area contributed by atoms with Crippen LogP contribution < -0.4 is 5.32 Å². The molecular formula is C17H30ClN3O2. The Bertz CT molecular complexity index is 432. The molecule has 3 unspecified atom stereocenters. The highest BCUT2D eigenvalue weighted by atomic mass is 35.5. The van der Waals surface area contributed by atoms with Crippen molar-refractivity contribution in [3.05, 3.63) is 0 Å². The van der Waals surface area contributed by atoms with Crippen molar-refractivity contribution in [2.45, 2.75) is 51.5 Å². The Hall–Kier alpha value is -0.810. The Morgan fingerprint density at radius 3 is 2.78 bits per heavy atom. The number of rotatable bonds is 3. The molecule has 6 heteroatoms. The maximum absolute atomic E-state index is 12.6. The highest BCUT2D eigenvalue weighted by Gasteiger charge is 2.33. The summed E-state index contributed by atoms with van der Waals surface area (Å²) in [7, 11) is 0. The van der Waals surface area contributed by atoms with Gasteiger partial charge in [-0.05, 0) is 37.5 Å². The summed E-state index contributed by atoms with van der Waals surface area (Å²) in [5.74, 6) is 1.87. The molecule has 0 spiro atoms. The summed E-state index contributed by atoms with van der Waals surface area (Å²) in [5.41, 5.74) is 0. The second-order valence-electron chi connectivity index (χ2n) is 7.39. The third-order valence-electron chi connectivity index (χ3n) is 5.58. The molecular weight excluding hydrogens is 314 g/mol. The van der Waals surface area contributed by atoms with Crippen LogP contribution in [0.1, 0.15) is 45.4 Å². The minimum Gasteiger partial charge on any atom is -0.341 e. The zero-order valence-electron chi connectivity index (χ0n) is 14.1. The second-order valence-corrected chi connectivity index (χ2v) is 7.39. The van der Waals surface area contributed by atoms with Crippen LogP contribution in [0, 0.1) is 11.8 Å². The van der Waals surface area contributed by atoms with E-state index in [1.807, 2.05) is 9.80 Å². The van der Waals surface area contributed by atoms with E-state index in [1.54, 1.807) is 0 Å². The molecule has 3 aliphatic rings. The van der Waals surface area contributed by atoms with Crippen molar-refractivity contribution < 1.29 is 9.59 Å². The smallest absolute Gasteiger partial charge is 0.236 e. The average Bonchev–Trinajstić information content (AvgIpc) is 2.93. The number of likely N-dealkylation sites (tertiary alicyclic amines) is 1. The molecule has 1 N–H and O–H groups in total. The highest BCUT2D eigenvalue weighted by Crippen LogP contribution is 2.33. The van der Waals surface area contributed by atoms with E-state index < -0.39 is 0 Å². The summed E-state index contributed by atoms with van der Waals surface area (Å²) in [5, 5.41) is 3.12. The van der Waals surface area contributed by atoms with Crippen molar-refractivity contribution in [3.8, 4) is 0 Å². The normalized spacial score (nSPS) is 31.9. The van der Waals surface area contributed by atoms with E-state index in [0.717, 1.165) is 44.9 Å². The van der Waals surface area contributed by atoms with Crippen LogP contribution in [0.2, 0.25) is 0 Å². The molecule has 1 aliphatic carbocycles. The first-order valence-corrected chi connectivity index (χ1v) is 8.91. The Morgan fingerprint density at radius 1 is 1.26 bits per heavy atom. The van der Waals surface area contributed by atoms with Crippen LogP contribution in [0.3, 0.4) is 0 Å². The molecule has 0 aromatic heterocycles. The van der Waals surface area contributed by atoms with Crippen LogP contribution in [-0.2, 0) is 9.59 Å². The fourth-order valence-electron chi connectivity index (χ4n) is 4.33. The fourth-order valence-corrected chi connectivity index (χ4v) is 4.33. The Labute approximate surface area is 145 Å². The Balaban J connectivity index is 0.00000192. The van der Waals surface area contributed by atoms with E-state index in [1.165, 1.54) is 19.3 Å². The van der Waals surface area contributed by atoms with Gasteiger partial charge >= 0.3 is 0 Å². The molecule has 2 amide bonds. The van der Waals surface area contributed by atoms with Gasteiger partial charge < -0.3 is 15.1 Å². The number of carbonyl (C=O) groups excluding carboxylic acids is 2. The topological polar surface area (TPSA) is 52.7 Å². The molecule has 3 fully saturated rings. The van der Waals surface area contributed by atoms with Crippen LogP contribution in [0.4, 0.5) is 0 Å². The van der Waals surface area contributed by atoms with Crippen LogP contribution in [0.15, 0.2) is 0 Å². The van der Waals surface area contributed by atoms with Gasteiger partial charge in [-0.3, -0.25) is 9.59 Å². The van der Waals surface area contributed by atoms with Gasteiger partial charge in [-0.1, -0.05) is 13.3 Å². The van der Waals surface area contributed by atoms with Gasteiger partial charge in [0.05, 0.1) is 6.54 Å². The minimum absolute atomic E-state index is 0. The Kier molecular flexibility index (Phi) is 6.72. The number of halogens is 1. The molecule has 2 saturated heterocycles. The van der Waals surface area contributed by atoms with Gasteiger partial charge in [-0.15, -0.1) is 12.4 Å². The first-order chi connectivity index (χ1) is 10.6. The van der Waals surface area contributed by atoms with Crippen molar-refractivity contribution in [1.82, 2.24) is 15.1 Å². The van der Waals surface area contributed by atoms with Crippen molar-refractivity contribution in [2.24, 2.45) is 11.8 Å². The molecule has 3 atom stereocenters. The standard InChI is InChI=1S/C17H29N3O2.ClH/c1-13-4-5-14(9-13)10-16(21)19-7-2-3-15(12-19)20-8-6-18-11-17(20)22;/h13-15,18H,2-12H2,1H3;1H. The molecule has 0 radical (unpaired) electrons. The molecule has 5 nitrogen and oxygen atoms in total. The summed E-state index contributed by atoms with van der Waals surface area (Å²) in [6.07, 6.45) is 6.47. The monoisotopic (exact) mass is 343 g/mol. The lowest BCUT2D eigenvalue weighted by molar-refractivity contribution is -0.140. The zero-order valence-corrected chi connectivity index (χ0v) is 14.9. The van der Waals surface area contributed by atoms with Gasteiger partial charge in [0.2, 0.25) is 11.8 Å². The molecule has 3 rings (SSSR count). The summed E-state index contributed by atoms with van der Waals surface area (Å²) < 4.78 is 0. The number of amides is 2. The average molecular weight is 344 g/mol. The van der Waals surface area contributed by atoms with Gasteiger partial charge in [0.1, 0.15) is 0 Å². The van der Waals surface area contributed by atoms with Crippen LogP contribution in [0.5, 0.6) is 0 Å². The maximum atomic E-state index is 12.6. The molecule has 0 bridgehead atoms. The lowest BCUT2D eigenvalue weighted by atomic mass is 9.99. The quantitative estimate of drug-likeness (QED) is 0.848. The summed E-state index contributed by atoms with van der Waals surface area (Å²) in [6.45, 7) is 6.01. The van der Waals surface area contributed by atoms with Gasteiger partial charge in [0.15, 0.2) is 0 Å². The highest BCUT2D eigenvalue weighted by molar-refractivity contribution is 5.85. The van der Waals surface area contributed by atoms with E-state index in [2.05, 4.69) is 12.2 Å².